The van der Waals surface area contributed by atoms with E-state index in [4.69, 9.17) is 10.5 Å². The van der Waals surface area contributed by atoms with Crippen molar-refractivity contribution in [2.75, 3.05) is 27.2 Å². The first-order chi connectivity index (χ1) is 8.21. The number of methoxy groups -OCH3 is 1. The molecule has 3 nitrogen and oxygen atoms in total. The molecule has 96 valence electrons. The van der Waals surface area contributed by atoms with E-state index in [0.29, 0.717) is 0 Å². The zero-order chi connectivity index (χ0) is 12.7. The molecule has 1 aromatic carbocycles. The van der Waals surface area contributed by atoms with Crippen molar-refractivity contribution in [2.45, 2.75) is 26.3 Å². The number of ether oxygens (including phenoxy) is 1. The molecule has 3 heteroatoms. The Labute approximate surface area is 105 Å². The average Bonchev–Trinajstić information content (AvgIpc) is 2.36. The molecule has 0 saturated carbocycles. The maximum atomic E-state index is 5.51. The molecule has 2 N–H and O–H groups in total. The van der Waals surface area contributed by atoms with E-state index in [1.54, 1.807) is 7.11 Å². The summed E-state index contributed by atoms with van der Waals surface area (Å²) in [7, 11) is 3.85. The van der Waals surface area contributed by atoms with E-state index in [-0.39, 0.29) is 0 Å². The van der Waals surface area contributed by atoms with Crippen LogP contribution in [0.25, 0.3) is 0 Å². The summed E-state index contributed by atoms with van der Waals surface area (Å²) >= 11 is 0. The van der Waals surface area contributed by atoms with Gasteiger partial charge in [0.15, 0.2) is 0 Å². The van der Waals surface area contributed by atoms with Crippen LogP contribution < -0.4 is 10.5 Å². The van der Waals surface area contributed by atoms with E-state index < -0.39 is 0 Å². The zero-order valence-electron chi connectivity index (χ0n) is 11.2. The second-order valence-corrected chi connectivity index (χ2v) is 4.38. The molecule has 0 aliphatic heterocycles. The van der Waals surface area contributed by atoms with Crippen LogP contribution in [-0.2, 0) is 13.0 Å². The van der Waals surface area contributed by atoms with Crippen LogP contribution in [0, 0.1) is 0 Å². The highest BCUT2D eigenvalue weighted by Crippen LogP contribution is 2.20. The topological polar surface area (TPSA) is 38.5 Å². The molecular weight excluding hydrogens is 212 g/mol. The van der Waals surface area contributed by atoms with Gasteiger partial charge in [0.1, 0.15) is 5.75 Å². The lowest BCUT2D eigenvalue weighted by atomic mass is 10.1. The van der Waals surface area contributed by atoms with Gasteiger partial charge in [0, 0.05) is 6.54 Å². The number of hydrogen-bond acceptors (Lipinski definition) is 3. The summed E-state index contributed by atoms with van der Waals surface area (Å²) < 4.78 is 5.33. The lowest BCUT2D eigenvalue weighted by molar-refractivity contribution is 0.323. The molecule has 0 fully saturated rings. The normalized spacial score (nSPS) is 10.9. The van der Waals surface area contributed by atoms with E-state index in [1.165, 1.54) is 11.1 Å². The van der Waals surface area contributed by atoms with Crippen molar-refractivity contribution in [3.8, 4) is 5.75 Å². The lowest BCUT2D eigenvalue weighted by Gasteiger charge is -2.17. The first-order valence-electron chi connectivity index (χ1n) is 6.25. The maximum Gasteiger partial charge on any atom is 0.122 e. The van der Waals surface area contributed by atoms with Gasteiger partial charge in [0.05, 0.1) is 7.11 Å². The smallest absolute Gasteiger partial charge is 0.122 e. The minimum atomic E-state index is 0.757. The summed E-state index contributed by atoms with van der Waals surface area (Å²) in [5.74, 6) is 0.987. The highest BCUT2D eigenvalue weighted by Gasteiger charge is 2.04. The van der Waals surface area contributed by atoms with Gasteiger partial charge in [-0.3, -0.25) is 0 Å². The average molecular weight is 236 g/mol. The summed E-state index contributed by atoms with van der Waals surface area (Å²) in [5.41, 5.74) is 8.12. The second-order valence-electron chi connectivity index (χ2n) is 4.38. The Balaban J connectivity index is 2.65. The van der Waals surface area contributed by atoms with Crippen molar-refractivity contribution in [3.05, 3.63) is 29.3 Å². The minimum absolute atomic E-state index is 0.757. The lowest BCUT2D eigenvalue weighted by Crippen LogP contribution is -2.21. The van der Waals surface area contributed by atoms with Crippen LogP contribution in [0.1, 0.15) is 24.5 Å². The van der Waals surface area contributed by atoms with Crippen molar-refractivity contribution in [3.63, 3.8) is 0 Å². The van der Waals surface area contributed by atoms with Crippen LogP contribution in [0.3, 0.4) is 0 Å². The predicted octanol–water partition coefficient (Wildman–Crippen LogP) is 2.04. The van der Waals surface area contributed by atoms with Gasteiger partial charge in [-0.1, -0.05) is 19.1 Å². The molecule has 1 rings (SSSR count). The van der Waals surface area contributed by atoms with E-state index >= 15 is 0 Å². The van der Waals surface area contributed by atoms with Crippen molar-refractivity contribution in [1.29, 1.82) is 0 Å². The Bertz CT molecular complexity index is 339. The van der Waals surface area contributed by atoms with Crippen LogP contribution >= 0.6 is 0 Å². The van der Waals surface area contributed by atoms with Gasteiger partial charge in [-0.25, -0.2) is 0 Å². The van der Waals surface area contributed by atoms with Gasteiger partial charge in [-0.05, 0) is 50.2 Å². The van der Waals surface area contributed by atoms with Crippen LogP contribution in [0.4, 0.5) is 0 Å². The fourth-order valence-corrected chi connectivity index (χ4v) is 1.96. The predicted molar refractivity (Wildman–Crippen MR) is 72.4 cm³/mol. The molecule has 17 heavy (non-hydrogen) atoms. The fraction of sp³-hybridized carbons (Fsp3) is 0.571. The SMILES string of the molecule is CCc1cc(CN(C)CCCN)ccc1OC. The largest absolute Gasteiger partial charge is 0.496 e. The number of hydrogen-bond donors (Lipinski definition) is 1. The number of benzene rings is 1. The molecular formula is C14H24N2O. The number of nitrogens with zero attached hydrogens (tertiary/aromatic N) is 1. The molecule has 0 saturated heterocycles. The quantitative estimate of drug-likeness (QED) is 0.787. The molecule has 0 unspecified atom stereocenters. The Morgan fingerprint density at radius 3 is 2.71 bits per heavy atom. The Kier molecular flexibility index (Phi) is 6.01. The van der Waals surface area contributed by atoms with E-state index in [1.807, 2.05) is 0 Å². The third-order valence-corrected chi connectivity index (χ3v) is 2.92. The van der Waals surface area contributed by atoms with Gasteiger partial charge >= 0.3 is 0 Å². The Morgan fingerprint density at radius 2 is 2.12 bits per heavy atom. The monoisotopic (exact) mass is 236 g/mol. The summed E-state index contributed by atoms with van der Waals surface area (Å²) in [5, 5.41) is 0. The maximum absolute atomic E-state index is 5.51. The Hall–Kier alpha value is -1.06. The standard InChI is InChI=1S/C14H24N2O/c1-4-13-10-12(6-7-14(13)17-3)11-16(2)9-5-8-15/h6-7,10H,4-5,8-9,11,15H2,1-3H3. The highest BCUT2D eigenvalue weighted by atomic mass is 16.5. The summed E-state index contributed by atoms with van der Waals surface area (Å²) in [4.78, 5) is 2.30. The van der Waals surface area contributed by atoms with Crippen molar-refractivity contribution in [1.82, 2.24) is 4.90 Å². The first-order valence-corrected chi connectivity index (χ1v) is 6.25. The molecule has 0 radical (unpaired) electrons. The molecule has 1 aromatic rings. The van der Waals surface area contributed by atoms with E-state index in [9.17, 15) is 0 Å². The van der Waals surface area contributed by atoms with E-state index in [2.05, 4.69) is 37.1 Å². The molecule has 0 amide bonds. The first kappa shape index (κ1) is 14.0. The summed E-state index contributed by atoms with van der Waals surface area (Å²) in [6.45, 7) is 4.92. The molecule has 0 aliphatic rings. The number of nitrogens with two attached hydrogens (primary N) is 1. The highest BCUT2D eigenvalue weighted by molar-refractivity contribution is 5.37. The van der Waals surface area contributed by atoms with Crippen molar-refractivity contribution < 1.29 is 4.74 Å². The van der Waals surface area contributed by atoms with Gasteiger partial charge in [0.2, 0.25) is 0 Å². The van der Waals surface area contributed by atoms with Gasteiger partial charge in [-0.15, -0.1) is 0 Å². The fourth-order valence-electron chi connectivity index (χ4n) is 1.96. The number of aryl methyl sites for hydroxylation is 1. The third kappa shape index (κ3) is 4.36. The van der Waals surface area contributed by atoms with Gasteiger partial charge in [0.25, 0.3) is 0 Å². The van der Waals surface area contributed by atoms with Crippen LogP contribution in [0.2, 0.25) is 0 Å². The molecule has 0 heterocycles. The molecule has 0 aliphatic carbocycles. The van der Waals surface area contributed by atoms with Crippen LogP contribution in [0.5, 0.6) is 5.75 Å². The minimum Gasteiger partial charge on any atom is -0.496 e. The number of rotatable bonds is 7. The summed E-state index contributed by atoms with van der Waals surface area (Å²) in [6, 6.07) is 6.43. The molecule has 0 bridgehead atoms. The zero-order valence-corrected chi connectivity index (χ0v) is 11.2. The van der Waals surface area contributed by atoms with Gasteiger partial charge < -0.3 is 15.4 Å². The third-order valence-electron chi connectivity index (χ3n) is 2.92. The van der Waals surface area contributed by atoms with Gasteiger partial charge in [-0.2, -0.15) is 0 Å². The molecule has 0 aromatic heterocycles. The molecule has 0 atom stereocenters. The van der Waals surface area contributed by atoms with Crippen molar-refractivity contribution in [2.24, 2.45) is 5.73 Å². The van der Waals surface area contributed by atoms with Crippen LogP contribution in [-0.4, -0.2) is 32.1 Å². The Morgan fingerprint density at radius 1 is 1.35 bits per heavy atom. The van der Waals surface area contributed by atoms with E-state index in [0.717, 1.165) is 38.2 Å². The van der Waals surface area contributed by atoms with Crippen molar-refractivity contribution >= 4 is 0 Å². The second kappa shape index (κ2) is 7.30. The molecule has 0 spiro atoms. The van der Waals surface area contributed by atoms with Crippen LogP contribution in [0.15, 0.2) is 18.2 Å². The summed E-state index contributed by atoms with van der Waals surface area (Å²) in [6.07, 6.45) is 2.05.